The van der Waals surface area contributed by atoms with E-state index < -0.39 is 23.5 Å². The van der Waals surface area contributed by atoms with Gasteiger partial charge in [0.15, 0.2) is 0 Å². The fraction of sp³-hybridized carbons (Fsp3) is 0.826. The van der Waals surface area contributed by atoms with E-state index in [2.05, 4.69) is 5.32 Å². The van der Waals surface area contributed by atoms with Gasteiger partial charge in [-0.1, -0.05) is 41.0 Å². The van der Waals surface area contributed by atoms with E-state index in [9.17, 15) is 19.2 Å². The number of ketones is 2. The first-order valence-electron chi connectivity index (χ1n) is 11.0. The summed E-state index contributed by atoms with van der Waals surface area (Å²) in [7, 11) is 0. The number of ether oxygens (including phenoxy) is 1. The lowest BCUT2D eigenvalue weighted by atomic mass is 9.78. The highest BCUT2D eigenvalue weighted by Gasteiger charge is 2.41. The predicted octanol–water partition coefficient (Wildman–Crippen LogP) is 3.32. The largest absolute Gasteiger partial charge is 0.465 e. The molecule has 2 bridgehead atoms. The molecule has 2 rings (SSSR count). The van der Waals surface area contributed by atoms with Gasteiger partial charge in [-0.2, -0.15) is 0 Å². The van der Waals surface area contributed by atoms with Crippen molar-refractivity contribution in [3.63, 3.8) is 0 Å². The summed E-state index contributed by atoms with van der Waals surface area (Å²) in [5.74, 6) is -2.04. The Morgan fingerprint density at radius 1 is 1.14 bits per heavy atom. The third-order valence-corrected chi connectivity index (χ3v) is 6.24. The maximum absolute atomic E-state index is 13.1. The van der Waals surface area contributed by atoms with E-state index in [1.54, 1.807) is 0 Å². The fourth-order valence-corrected chi connectivity index (χ4v) is 4.48. The van der Waals surface area contributed by atoms with Crippen molar-refractivity contribution in [2.75, 3.05) is 13.2 Å². The summed E-state index contributed by atoms with van der Waals surface area (Å²) < 4.78 is 5.35. The average molecular weight is 408 g/mol. The van der Waals surface area contributed by atoms with Gasteiger partial charge in [-0.3, -0.25) is 19.2 Å². The molecule has 4 unspecified atom stereocenters. The zero-order valence-electron chi connectivity index (χ0n) is 18.6. The van der Waals surface area contributed by atoms with Crippen LogP contribution in [-0.4, -0.2) is 36.6 Å². The molecule has 0 radical (unpaired) electrons. The molecule has 1 saturated carbocycles. The van der Waals surface area contributed by atoms with E-state index in [4.69, 9.17) is 4.74 Å². The van der Waals surface area contributed by atoms with Crippen LogP contribution in [-0.2, 0) is 23.9 Å². The number of carbonyl (C=O) groups excluding carboxylic acids is 4. The van der Waals surface area contributed by atoms with Crippen LogP contribution in [0.1, 0.15) is 73.1 Å². The number of Topliss-reactive ketones (excluding diaryl/α,β-unsaturated/α-hetero) is 2. The quantitative estimate of drug-likeness (QED) is 0.516. The van der Waals surface area contributed by atoms with Crippen LogP contribution < -0.4 is 5.32 Å². The Hall–Kier alpha value is -1.72. The van der Waals surface area contributed by atoms with Crippen LogP contribution in [0, 0.1) is 35.0 Å². The second-order valence-electron chi connectivity index (χ2n) is 10.4. The Kier molecular flexibility index (Phi) is 8.01. The smallest absolute Gasteiger partial charge is 0.306 e. The number of rotatable bonds is 7. The van der Waals surface area contributed by atoms with Crippen molar-refractivity contribution in [1.82, 2.24) is 5.32 Å². The van der Waals surface area contributed by atoms with Crippen LogP contribution in [0.4, 0.5) is 0 Å². The van der Waals surface area contributed by atoms with Gasteiger partial charge in [-0.15, -0.1) is 0 Å². The van der Waals surface area contributed by atoms with Gasteiger partial charge in [0.25, 0.3) is 5.91 Å². The summed E-state index contributed by atoms with van der Waals surface area (Å²) in [4.78, 5) is 50.3. The van der Waals surface area contributed by atoms with Gasteiger partial charge in [-0.25, -0.2) is 0 Å². The normalized spacial score (nSPS) is 26.3. The van der Waals surface area contributed by atoms with Crippen LogP contribution >= 0.6 is 0 Å². The maximum Gasteiger partial charge on any atom is 0.306 e. The highest BCUT2D eigenvalue weighted by Crippen LogP contribution is 2.40. The first-order valence-corrected chi connectivity index (χ1v) is 11.0. The van der Waals surface area contributed by atoms with E-state index in [0.29, 0.717) is 19.1 Å². The molecule has 0 aromatic carbocycles. The summed E-state index contributed by atoms with van der Waals surface area (Å²) in [6.45, 7) is 10.6. The fourth-order valence-electron chi connectivity index (χ4n) is 4.48. The molecule has 0 aromatic heterocycles. The standard InChI is InChI=1S/C23H37NO5/c1-14(2)17(12-20(26)29-13-23(3,4)5)19(25)11-18-16-7-6-15(10-16)8-9-24-22(28)21(18)27/h14-18H,6-13H2,1-5H3,(H,24,28). The van der Waals surface area contributed by atoms with Crippen molar-refractivity contribution in [1.29, 1.82) is 0 Å². The lowest BCUT2D eigenvalue weighted by Crippen LogP contribution is -2.39. The highest BCUT2D eigenvalue weighted by atomic mass is 16.5. The Morgan fingerprint density at radius 3 is 2.45 bits per heavy atom. The summed E-state index contributed by atoms with van der Waals surface area (Å²) in [5.41, 5.74) is -0.136. The van der Waals surface area contributed by atoms with E-state index in [1.807, 2.05) is 34.6 Å². The molecule has 2 aliphatic rings. The van der Waals surface area contributed by atoms with Crippen molar-refractivity contribution >= 4 is 23.4 Å². The minimum atomic E-state index is -0.572. The van der Waals surface area contributed by atoms with Crippen LogP contribution in [0.25, 0.3) is 0 Å². The van der Waals surface area contributed by atoms with Gasteiger partial charge < -0.3 is 10.1 Å². The Bertz CT molecular complexity index is 634. The van der Waals surface area contributed by atoms with Gasteiger partial charge in [-0.05, 0) is 42.4 Å². The van der Waals surface area contributed by atoms with Crippen molar-refractivity contribution in [3.05, 3.63) is 0 Å². The van der Waals surface area contributed by atoms with Crippen LogP contribution in [0.2, 0.25) is 0 Å². The number of nitrogens with one attached hydrogen (secondary N) is 1. The molecule has 1 heterocycles. The Balaban J connectivity index is 2.07. The van der Waals surface area contributed by atoms with Gasteiger partial charge in [0.1, 0.15) is 5.78 Å². The maximum atomic E-state index is 13.1. The zero-order chi connectivity index (χ0) is 21.8. The minimum Gasteiger partial charge on any atom is -0.465 e. The number of esters is 1. The van der Waals surface area contributed by atoms with Crippen molar-refractivity contribution in [2.24, 2.45) is 35.0 Å². The summed E-state index contributed by atoms with van der Waals surface area (Å²) >= 11 is 0. The molecule has 1 saturated heterocycles. The average Bonchev–Trinajstić information content (AvgIpc) is 3.09. The monoisotopic (exact) mass is 407 g/mol. The van der Waals surface area contributed by atoms with E-state index in [0.717, 1.165) is 25.7 Å². The minimum absolute atomic E-state index is 0.0208. The van der Waals surface area contributed by atoms with E-state index in [-0.39, 0.29) is 41.8 Å². The molecule has 6 heteroatoms. The van der Waals surface area contributed by atoms with E-state index in [1.165, 1.54) is 0 Å². The summed E-state index contributed by atoms with van der Waals surface area (Å²) in [6, 6.07) is 0. The molecule has 0 aromatic rings. The molecule has 2 fully saturated rings. The summed E-state index contributed by atoms with van der Waals surface area (Å²) in [6.07, 6.45) is 3.79. The predicted molar refractivity (Wildman–Crippen MR) is 110 cm³/mol. The highest BCUT2D eigenvalue weighted by molar-refractivity contribution is 6.37. The van der Waals surface area contributed by atoms with Crippen molar-refractivity contribution in [3.8, 4) is 0 Å². The molecule has 164 valence electrons. The van der Waals surface area contributed by atoms with E-state index >= 15 is 0 Å². The molecule has 1 amide bonds. The lowest BCUT2D eigenvalue weighted by Gasteiger charge is -2.25. The van der Waals surface area contributed by atoms with Crippen molar-refractivity contribution in [2.45, 2.75) is 73.1 Å². The summed E-state index contributed by atoms with van der Waals surface area (Å²) in [5, 5.41) is 2.70. The van der Waals surface area contributed by atoms with Gasteiger partial charge >= 0.3 is 5.97 Å². The topological polar surface area (TPSA) is 89.5 Å². The number of hydrogen-bond donors (Lipinski definition) is 1. The number of carbonyl (C=O) groups is 4. The lowest BCUT2D eigenvalue weighted by molar-refractivity contribution is -0.150. The molecule has 1 N–H and O–H groups in total. The molecular weight excluding hydrogens is 370 g/mol. The second kappa shape index (κ2) is 9.86. The SMILES string of the molecule is CC(C)C(CC(=O)OCC(C)(C)C)C(=O)CC1C(=O)C(=O)NCCC2CCC1C2. The van der Waals surface area contributed by atoms with Gasteiger partial charge in [0.05, 0.1) is 13.0 Å². The number of hydrogen-bond acceptors (Lipinski definition) is 5. The molecule has 1 aliphatic carbocycles. The van der Waals surface area contributed by atoms with Gasteiger partial charge in [0, 0.05) is 24.8 Å². The Labute approximate surface area is 174 Å². The zero-order valence-corrected chi connectivity index (χ0v) is 18.6. The number of amides is 1. The molecule has 29 heavy (non-hydrogen) atoms. The van der Waals surface area contributed by atoms with Crippen LogP contribution in [0.3, 0.4) is 0 Å². The number of fused-ring (bicyclic) bond motifs is 2. The molecule has 6 nitrogen and oxygen atoms in total. The second-order valence-corrected chi connectivity index (χ2v) is 10.4. The first-order chi connectivity index (χ1) is 13.5. The third kappa shape index (κ3) is 6.93. The first kappa shape index (κ1) is 23.6. The molecule has 0 spiro atoms. The Morgan fingerprint density at radius 2 is 1.83 bits per heavy atom. The molecular formula is C23H37NO5. The van der Waals surface area contributed by atoms with Crippen molar-refractivity contribution < 1.29 is 23.9 Å². The molecule has 4 atom stereocenters. The van der Waals surface area contributed by atoms with Gasteiger partial charge in [0.2, 0.25) is 5.78 Å². The van der Waals surface area contributed by atoms with Crippen LogP contribution in [0.15, 0.2) is 0 Å². The molecule has 1 aliphatic heterocycles. The van der Waals surface area contributed by atoms with Crippen LogP contribution in [0.5, 0.6) is 0 Å². The third-order valence-electron chi connectivity index (χ3n) is 6.24.